The second-order valence-corrected chi connectivity index (χ2v) is 14.4. The number of nitrogens with zero attached hydrogens (tertiary/aromatic N) is 2. The monoisotopic (exact) mass is 697 g/mol. The molecule has 274 valence electrons. The zero-order chi connectivity index (χ0) is 35.4. The molecule has 1 N–H and O–H groups in total. The molecule has 0 aromatic heterocycles. The Morgan fingerprint density at radius 3 is 2.25 bits per heavy atom. The number of anilines is 1. The van der Waals surface area contributed by atoms with Gasteiger partial charge in [-0.1, -0.05) is 85.6 Å². The van der Waals surface area contributed by atoms with Gasteiger partial charge in [-0.05, 0) is 73.1 Å². The largest absolute Gasteiger partial charge is 0.446 e. The van der Waals surface area contributed by atoms with E-state index in [1.807, 2.05) is 59.5 Å². The molecular weight excluding hydrogens is 642 g/mol. The van der Waals surface area contributed by atoms with Crippen molar-refractivity contribution in [1.29, 1.82) is 0 Å². The molecule has 1 aliphatic heterocycles. The summed E-state index contributed by atoms with van der Waals surface area (Å²) in [5, 5.41) is 3.00. The highest BCUT2D eigenvalue weighted by Gasteiger charge is 2.42. The third kappa shape index (κ3) is 10.4. The lowest BCUT2D eigenvalue weighted by molar-refractivity contribution is -0.150. The van der Waals surface area contributed by atoms with E-state index in [0.29, 0.717) is 38.0 Å². The van der Waals surface area contributed by atoms with Crippen molar-refractivity contribution in [1.82, 2.24) is 9.80 Å². The number of ether oxygens (including phenoxy) is 4. The molecule has 3 aromatic carbocycles. The number of rotatable bonds is 17. The molecule has 2 amide bonds. The van der Waals surface area contributed by atoms with Crippen LogP contribution in [0.25, 0.3) is 11.1 Å². The molecular formula is C42H55N3O6. The summed E-state index contributed by atoms with van der Waals surface area (Å²) in [6, 6.07) is 27.0. The molecule has 9 nitrogen and oxygen atoms in total. The normalized spacial score (nSPS) is 20.5. The van der Waals surface area contributed by atoms with Crippen molar-refractivity contribution in [2.75, 3.05) is 58.9 Å². The van der Waals surface area contributed by atoms with Crippen LogP contribution in [0.5, 0.6) is 0 Å². The minimum absolute atomic E-state index is 0.0343. The average Bonchev–Trinajstić information content (AvgIpc) is 3.90. The molecule has 0 radical (unpaired) electrons. The quantitative estimate of drug-likeness (QED) is 0.118. The van der Waals surface area contributed by atoms with Crippen molar-refractivity contribution in [3.63, 3.8) is 0 Å². The summed E-state index contributed by atoms with van der Waals surface area (Å²) in [7, 11) is 3.23. The van der Waals surface area contributed by atoms with Crippen LogP contribution in [-0.4, -0.2) is 93.8 Å². The summed E-state index contributed by atoms with van der Waals surface area (Å²) in [4.78, 5) is 30.5. The predicted molar refractivity (Wildman–Crippen MR) is 199 cm³/mol. The van der Waals surface area contributed by atoms with Gasteiger partial charge in [0, 0.05) is 45.5 Å². The second-order valence-electron chi connectivity index (χ2n) is 14.4. The van der Waals surface area contributed by atoms with Crippen molar-refractivity contribution in [2.45, 2.75) is 76.2 Å². The molecule has 2 aliphatic carbocycles. The summed E-state index contributed by atoms with van der Waals surface area (Å²) in [6.07, 6.45) is 7.66. The van der Waals surface area contributed by atoms with Crippen LogP contribution in [-0.2, 0) is 36.6 Å². The van der Waals surface area contributed by atoms with E-state index in [-0.39, 0.29) is 24.1 Å². The van der Waals surface area contributed by atoms with Crippen LogP contribution in [0.1, 0.15) is 56.1 Å². The van der Waals surface area contributed by atoms with Gasteiger partial charge in [0.05, 0.1) is 31.9 Å². The van der Waals surface area contributed by atoms with E-state index in [1.165, 1.54) is 11.1 Å². The molecule has 0 bridgehead atoms. The first kappa shape index (κ1) is 37.0. The van der Waals surface area contributed by atoms with Crippen molar-refractivity contribution in [3.05, 3.63) is 90.0 Å². The van der Waals surface area contributed by atoms with Crippen LogP contribution in [0.3, 0.4) is 0 Å². The van der Waals surface area contributed by atoms with Crippen molar-refractivity contribution in [3.8, 4) is 11.1 Å². The van der Waals surface area contributed by atoms with Gasteiger partial charge in [0.1, 0.15) is 6.10 Å². The van der Waals surface area contributed by atoms with Crippen LogP contribution in [0.2, 0.25) is 0 Å². The summed E-state index contributed by atoms with van der Waals surface area (Å²) >= 11 is 0. The van der Waals surface area contributed by atoms with Gasteiger partial charge >= 0.3 is 6.09 Å². The number of amides is 2. The Kier molecular flexibility index (Phi) is 13.5. The molecule has 1 unspecified atom stereocenters. The highest BCUT2D eigenvalue weighted by atomic mass is 16.7. The number of carbonyl (C=O) groups is 2. The fourth-order valence-electron chi connectivity index (χ4n) is 8.27. The van der Waals surface area contributed by atoms with Crippen LogP contribution >= 0.6 is 0 Å². The molecule has 9 heteroatoms. The van der Waals surface area contributed by atoms with Gasteiger partial charge in [-0.25, -0.2) is 4.79 Å². The Balaban J connectivity index is 0.878. The molecule has 51 heavy (non-hydrogen) atoms. The van der Waals surface area contributed by atoms with Crippen LogP contribution in [0.4, 0.5) is 10.5 Å². The summed E-state index contributed by atoms with van der Waals surface area (Å²) in [6.45, 7) is 4.62. The van der Waals surface area contributed by atoms with Crippen LogP contribution < -0.4 is 5.32 Å². The molecule has 3 fully saturated rings. The molecule has 2 saturated carbocycles. The lowest BCUT2D eigenvalue weighted by atomic mass is 10.0. The van der Waals surface area contributed by atoms with Crippen LogP contribution in [0, 0.1) is 11.8 Å². The number of para-hydroxylation sites is 1. The lowest BCUT2D eigenvalue weighted by Gasteiger charge is -2.31. The number of hydrogen-bond donors (Lipinski definition) is 1. The number of benzene rings is 3. The molecule has 3 atom stereocenters. The van der Waals surface area contributed by atoms with E-state index in [2.05, 4.69) is 34.5 Å². The zero-order valence-electron chi connectivity index (χ0n) is 30.3. The van der Waals surface area contributed by atoms with Gasteiger partial charge in [-0.15, -0.1) is 0 Å². The van der Waals surface area contributed by atoms with E-state index in [1.54, 1.807) is 14.2 Å². The van der Waals surface area contributed by atoms with E-state index >= 15 is 0 Å². The van der Waals surface area contributed by atoms with Gasteiger partial charge < -0.3 is 28.7 Å². The van der Waals surface area contributed by atoms with E-state index in [4.69, 9.17) is 18.9 Å². The average molecular weight is 698 g/mol. The molecule has 1 saturated heterocycles. The minimum atomic E-state index is -0.407. The Labute approximate surface area is 303 Å². The highest BCUT2D eigenvalue weighted by molar-refractivity contribution is 5.91. The first-order chi connectivity index (χ1) is 25.0. The Hall–Kier alpha value is -3.76. The molecule has 3 aliphatic rings. The first-order valence-corrected chi connectivity index (χ1v) is 18.8. The standard InChI is InChI=1S/C42H55N3O6/c1-48-41(49-2)30-45(36-15-6-7-16-36)40(46)21-24-50-23-20-32-12-10-11-31(25-32)19-22-44-28-34-26-37(27-35(34)29-44)51-42(47)43-39-18-9-8-17-38(39)33-13-4-3-5-14-33/h3-5,8-14,17-18,25,34-37,41H,6-7,15-16,19-24,26-30H2,1-2H3,(H,43,47)/t34-,35+,37?. The number of likely N-dealkylation sites (tertiary alicyclic amines) is 1. The molecule has 3 aromatic rings. The fraction of sp³-hybridized carbons (Fsp3) is 0.524. The van der Waals surface area contributed by atoms with E-state index in [9.17, 15) is 9.59 Å². The lowest BCUT2D eigenvalue weighted by Crippen LogP contribution is -2.44. The smallest absolute Gasteiger partial charge is 0.411 e. The minimum Gasteiger partial charge on any atom is -0.446 e. The highest BCUT2D eigenvalue weighted by Crippen LogP contribution is 2.40. The maximum atomic E-state index is 13.1. The van der Waals surface area contributed by atoms with Gasteiger partial charge in [0.2, 0.25) is 5.91 Å². The number of nitrogens with one attached hydrogen (secondary N) is 1. The molecule has 6 rings (SSSR count). The second kappa shape index (κ2) is 18.6. The first-order valence-electron chi connectivity index (χ1n) is 18.8. The number of hydrogen-bond acceptors (Lipinski definition) is 7. The number of carbonyl (C=O) groups excluding carboxylic acids is 2. The molecule has 1 heterocycles. The fourth-order valence-corrected chi connectivity index (χ4v) is 8.27. The van der Waals surface area contributed by atoms with Gasteiger partial charge in [0.15, 0.2) is 6.29 Å². The number of fused-ring (bicyclic) bond motifs is 1. The Bertz CT molecular complexity index is 1530. The zero-order valence-corrected chi connectivity index (χ0v) is 30.3. The summed E-state index contributed by atoms with van der Waals surface area (Å²) in [5.41, 5.74) is 5.41. The van der Waals surface area contributed by atoms with Gasteiger partial charge in [-0.3, -0.25) is 10.1 Å². The summed E-state index contributed by atoms with van der Waals surface area (Å²) in [5.74, 6) is 1.26. The predicted octanol–water partition coefficient (Wildman–Crippen LogP) is 7.19. The van der Waals surface area contributed by atoms with Crippen molar-refractivity contribution < 1.29 is 28.5 Å². The maximum absolute atomic E-state index is 13.1. The van der Waals surface area contributed by atoms with Crippen molar-refractivity contribution >= 4 is 17.7 Å². The molecule has 0 spiro atoms. The Morgan fingerprint density at radius 2 is 1.53 bits per heavy atom. The van der Waals surface area contributed by atoms with E-state index < -0.39 is 6.29 Å². The van der Waals surface area contributed by atoms with Gasteiger partial charge in [-0.2, -0.15) is 0 Å². The SMILES string of the molecule is COC(CN(C(=O)CCOCCc1cccc(CCN2C[C@H]3CC(OC(=O)Nc4ccccc4-c4ccccc4)C[C@H]3C2)c1)C1CCCC1)OC. The Morgan fingerprint density at radius 1 is 0.843 bits per heavy atom. The van der Waals surface area contributed by atoms with Crippen LogP contribution in [0.15, 0.2) is 78.9 Å². The third-order valence-electron chi connectivity index (χ3n) is 11.0. The number of methoxy groups -OCH3 is 2. The van der Waals surface area contributed by atoms with Gasteiger partial charge in [0.25, 0.3) is 0 Å². The topological polar surface area (TPSA) is 89.6 Å². The maximum Gasteiger partial charge on any atom is 0.411 e. The third-order valence-corrected chi connectivity index (χ3v) is 11.0. The van der Waals surface area contributed by atoms with Crippen molar-refractivity contribution in [2.24, 2.45) is 11.8 Å². The van der Waals surface area contributed by atoms with E-state index in [0.717, 1.165) is 87.8 Å². The summed E-state index contributed by atoms with van der Waals surface area (Å²) < 4.78 is 22.6.